The normalized spacial score (nSPS) is 35.1. The molecule has 1 aromatic rings. The van der Waals surface area contributed by atoms with Gasteiger partial charge in [-0.05, 0) is 19.4 Å². The molecular formula is C15H19IO4. The number of ether oxygens (including phenoxy) is 4. The van der Waals surface area contributed by atoms with Gasteiger partial charge >= 0.3 is 0 Å². The number of halogens is 1. The van der Waals surface area contributed by atoms with Crippen molar-refractivity contribution in [2.45, 2.75) is 50.8 Å². The Bertz CT molecular complexity index is 450. The van der Waals surface area contributed by atoms with E-state index in [2.05, 4.69) is 34.7 Å². The Kier molecular flexibility index (Phi) is 4.33. The van der Waals surface area contributed by atoms with Crippen molar-refractivity contribution in [2.24, 2.45) is 0 Å². The van der Waals surface area contributed by atoms with E-state index < -0.39 is 5.79 Å². The first kappa shape index (κ1) is 14.7. The Hall–Kier alpha value is -0.210. The molecular weight excluding hydrogens is 371 g/mol. The Balaban J connectivity index is 1.67. The van der Waals surface area contributed by atoms with Crippen LogP contribution in [-0.4, -0.2) is 34.8 Å². The second-order valence-electron chi connectivity index (χ2n) is 5.56. The van der Waals surface area contributed by atoms with Gasteiger partial charge in [-0.1, -0.05) is 52.9 Å². The molecule has 0 amide bonds. The largest absolute Gasteiger partial charge is 0.368 e. The third-order valence-electron chi connectivity index (χ3n) is 3.52. The average molecular weight is 390 g/mol. The summed E-state index contributed by atoms with van der Waals surface area (Å²) in [6, 6.07) is 10.1. The number of alkyl halides is 1. The second-order valence-corrected chi connectivity index (χ2v) is 6.44. The van der Waals surface area contributed by atoms with Crippen molar-refractivity contribution >= 4 is 22.6 Å². The third-order valence-corrected chi connectivity index (χ3v) is 4.39. The molecule has 0 saturated carbocycles. The van der Waals surface area contributed by atoms with Crippen LogP contribution in [0.5, 0.6) is 0 Å². The fraction of sp³-hybridized carbons (Fsp3) is 0.600. The molecule has 0 radical (unpaired) electrons. The van der Waals surface area contributed by atoms with E-state index in [1.807, 2.05) is 32.0 Å². The van der Waals surface area contributed by atoms with Crippen molar-refractivity contribution in [1.82, 2.24) is 0 Å². The van der Waals surface area contributed by atoms with Gasteiger partial charge in [-0.25, -0.2) is 0 Å². The SMILES string of the molecule is CC1(C)O[C@H]2O[C@@H](CI)[C@H](OCc3ccccc3)[C@H]2O1. The van der Waals surface area contributed by atoms with Gasteiger partial charge in [0.25, 0.3) is 0 Å². The molecule has 3 rings (SSSR count). The summed E-state index contributed by atoms with van der Waals surface area (Å²) < 4.78 is 24.5. The summed E-state index contributed by atoms with van der Waals surface area (Å²) in [6.45, 7) is 4.37. The molecule has 2 fully saturated rings. The minimum Gasteiger partial charge on any atom is -0.368 e. The summed E-state index contributed by atoms with van der Waals surface area (Å²) in [6.07, 6.45) is -0.525. The third kappa shape index (κ3) is 3.01. The first-order chi connectivity index (χ1) is 9.59. The fourth-order valence-corrected chi connectivity index (χ4v) is 3.35. The number of rotatable bonds is 4. The van der Waals surface area contributed by atoms with E-state index in [-0.39, 0.29) is 24.6 Å². The maximum Gasteiger partial charge on any atom is 0.190 e. The minimum atomic E-state index is -0.597. The lowest BCUT2D eigenvalue weighted by Gasteiger charge is -2.25. The summed E-state index contributed by atoms with van der Waals surface area (Å²) in [5, 5.41) is 0. The molecule has 0 aliphatic carbocycles. The molecule has 0 unspecified atom stereocenters. The van der Waals surface area contributed by atoms with Crippen molar-refractivity contribution < 1.29 is 18.9 Å². The Morgan fingerprint density at radius 2 is 1.95 bits per heavy atom. The Morgan fingerprint density at radius 1 is 1.20 bits per heavy atom. The van der Waals surface area contributed by atoms with E-state index in [4.69, 9.17) is 18.9 Å². The molecule has 2 aliphatic rings. The average Bonchev–Trinajstić information content (AvgIpc) is 2.89. The molecule has 4 nitrogen and oxygen atoms in total. The van der Waals surface area contributed by atoms with Crippen LogP contribution in [-0.2, 0) is 25.6 Å². The van der Waals surface area contributed by atoms with Crippen LogP contribution in [0.2, 0.25) is 0 Å². The zero-order valence-electron chi connectivity index (χ0n) is 11.6. The van der Waals surface area contributed by atoms with Gasteiger partial charge in [0.1, 0.15) is 12.2 Å². The number of hydrogen-bond donors (Lipinski definition) is 0. The molecule has 0 spiro atoms. The van der Waals surface area contributed by atoms with Gasteiger partial charge in [-0.3, -0.25) is 0 Å². The molecule has 20 heavy (non-hydrogen) atoms. The lowest BCUT2D eigenvalue weighted by molar-refractivity contribution is -0.215. The zero-order chi connectivity index (χ0) is 14.2. The monoisotopic (exact) mass is 390 g/mol. The van der Waals surface area contributed by atoms with Crippen molar-refractivity contribution in [3.05, 3.63) is 35.9 Å². The minimum absolute atomic E-state index is 0.0189. The smallest absolute Gasteiger partial charge is 0.190 e. The first-order valence-corrected chi connectivity index (χ1v) is 8.34. The van der Waals surface area contributed by atoms with Crippen LogP contribution in [0, 0.1) is 0 Å². The molecule has 2 heterocycles. The van der Waals surface area contributed by atoms with E-state index in [0.717, 1.165) is 9.99 Å². The standard InChI is InChI=1S/C15H19IO4/c1-15(2)19-13-12(11(8-16)18-14(13)20-15)17-9-10-6-4-3-5-7-10/h3-7,11-14H,8-9H2,1-2H3/t11-,12-,13+,14+/m0/s1. The Morgan fingerprint density at radius 3 is 2.65 bits per heavy atom. The highest BCUT2D eigenvalue weighted by molar-refractivity contribution is 14.1. The van der Waals surface area contributed by atoms with Crippen LogP contribution in [0.15, 0.2) is 30.3 Å². The molecule has 4 atom stereocenters. The van der Waals surface area contributed by atoms with Crippen LogP contribution < -0.4 is 0 Å². The quantitative estimate of drug-likeness (QED) is 0.586. The molecule has 110 valence electrons. The highest BCUT2D eigenvalue weighted by Crippen LogP contribution is 2.39. The zero-order valence-corrected chi connectivity index (χ0v) is 13.8. The van der Waals surface area contributed by atoms with Gasteiger partial charge in [0.15, 0.2) is 12.1 Å². The van der Waals surface area contributed by atoms with Gasteiger partial charge in [-0.15, -0.1) is 0 Å². The Labute approximate surface area is 132 Å². The van der Waals surface area contributed by atoms with Gasteiger partial charge in [-0.2, -0.15) is 0 Å². The lowest BCUT2D eigenvalue weighted by atomic mass is 10.1. The van der Waals surface area contributed by atoms with E-state index in [1.54, 1.807) is 0 Å². The number of hydrogen-bond acceptors (Lipinski definition) is 4. The van der Waals surface area contributed by atoms with Crippen LogP contribution in [0.1, 0.15) is 19.4 Å². The van der Waals surface area contributed by atoms with Crippen LogP contribution in [0.4, 0.5) is 0 Å². The molecule has 0 N–H and O–H groups in total. The molecule has 2 aliphatic heterocycles. The summed E-state index contributed by atoms with van der Waals surface area (Å²) >= 11 is 2.31. The second kappa shape index (κ2) is 5.88. The molecule has 0 aromatic heterocycles. The topological polar surface area (TPSA) is 36.9 Å². The van der Waals surface area contributed by atoms with Gasteiger partial charge < -0.3 is 18.9 Å². The van der Waals surface area contributed by atoms with Gasteiger partial charge in [0, 0.05) is 4.43 Å². The van der Waals surface area contributed by atoms with Crippen molar-refractivity contribution in [3.8, 4) is 0 Å². The molecule has 5 heteroatoms. The van der Waals surface area contributed by atoms with Crippen LogP contribution in [0.3, 0.4) is 0 Å². The molecule has 0 bridgehead atoms. The summed E-state index contributed by atoms with van der Waals surface area (Å²) in [5.41, 5.74) is 1.15. The summed E-state index contributed by atoms with van der Waals surface area (Å²) in [7, 11) is 0. The maximum atomic E-state index is 6.06. The lowest BCUT2D eigenvalue weighted by Crippen LogP contribution is -2.37. The first-order valence-electron chi connectivity index (χ1n) is 6.82. The predicted octanol–water partition coefficient (Wildman–Crippen LogP) is 2.88. The van der Waals surface area contributed by atoms with E-state index >= 15 is 0 Å². The highest BCUT2D eigenvalue weighted by Gasteiger charge is 2.54. The van der Waals surface area contributed by atoms with Crippen molar-refractivity contribution in [1.29, 1.82) is 0 Å². The molecule has 1 aromatic carbocycles. The van der Waals surface area contributed by atoms with E-state index in [1.165, 1.54) is 0 Å². The maximum absolute atomic E-state index is 6.06. The van der Waals surface area contributed by atoms with Crippen molar-refractivity contribution in [2.75, 3.05) is 4.43 Å². The van der Waals surface area contributed by atoms with Gasteiger partial charge in [0.2, 0.25) is 0 Å². The number of fused-ring (bicyclic) bond motifs is 1. The van der Waals surface area contributed by atoms with E-state index in [0.29, 0.717) is 6.61 Å². The molecule has 2 saturated heterocycles. The number of benzene rings is 1. The summed E-state index contributed by atoms with van der Waals surface area (Å²) in [5.74, 6) is -0.597. The van der Waals surface area contributed by atoms with Crippen LogP contribution in [0.25, 0.3) is 0 Å². The predicted molar refractivity (Wildman–Crippen MR) is 82.6 cm³/mol. The van der Waals surface area contributed by atoms with Crippen molar-refractivity contribution in [3.63, 3.8) is 0 Å². The van der Waals surface area contributed by atoms with Gasteiger partial charge in [0.05, 0.1) is 12.7 Å². The fourth-order valence-electron chi connectivity index (χ4n) is 2.64. The van der Waals surface area contributed by atoms with E-state index in [9.17, 15) is 0 Å². The summed E-state index contributed by atoms with van der Waals surface area (Å²) in [4.78, 5) is 0. The highest BCUT2D eigenvalue weighted by atomic mass is 127. The van der Waals surface area contributed by atoms with Crippen LogP contribution >= 0.6 is 22.6 Å².